The quantitative estimate of drug-likeness (QED) is 0.815. The van der Waals surface area contributed by atoms with Crippen molar-refractivity contribution in [1.82, 2.24) is 5.32 Å². The Kier molecular flexibility index (Phi) is 5.66. The maximum absolute atomic E-state index is 5.96. The molecular weight excluding hydrogens is 210 g/mol. The largest absolute Gasteiger partial charge is 0.370 e. The maximum Gasteiger partial charge on any atom is 0.0952 e. The number of rotatable bonds is 6. The van der Waals surface area contributed by atoms with Gasteiger partial charge >= 0.3 is 0 Å². The van der Waals surface area contributed by atoms with Crippen LogP contribution in [0.2, 0.25) is 0 Å². The van der Waals surface area contributed by atoms with Crippen LogP contribution in [0.4, 0.5) is 0 Å². The first-order valence-electron chi connectivity index (χ1n) is 6.44. The van der Waals surface area contributed by atoms with Crippen molar-refractivity contribution in [3.63, 3.8) is 0 Å². The standard InChI is InChI=1S/C15H25NO/c1-11(2)16-10-15(17-12(3)4)14-8-6-13(5)7-9-14/h6-9,11-12,15-16H,10H2,1-5H3. The highest BCUT2D eigenvalue weighted by Crippen LogP contribution is 2.19. The summed E-state index contributed by atoms with van der Waals surface area (Å²) in [5.41, 5.74) is 2.53. The average Bonchev–Trinajstić information content (AvgIpc) is 2.25. The summed E-state index contributed by atoms with van der Waals surface area (Å²) in [5, 5.41) is 3.44. The minimum atomic E-state index is 0.137. The summed E-state index contributed by atoms with van der Waals surface area (Å²) in [4.78, 5) is 0. The molecule has 17 heavy (non-hydrogen) atoms. The fourth-order valence-electron chi connectivity index (χ4n) is 1.70. The van der Waals surface area contributed by atoms with Crippen molar-refractivity contribution >= 4 is 0 Å². The fourth-order valence-corrected chi connectivity index (χ4v) is 1.70. The van der Waals surface area contributed by atoms with Gasteiger partial charge in [0.1, 0.15) is 0 Å². The third-order valence-corrected chi connectivity index (χ3v) is 2.60. The summed E-state index contributed by atoms with van der Waals surface area (Å²) < 4.78 is 5.96. The van der Waals surface area contributed by atoms with Crippen molar-refractivity contribution in [3.05, 3.63) is 35.4 Å². The van der Waals surface area contributed by atoms with Crippen LogP contribution in [0, 0.1) is 6.92 Å². The summed E-state index contributed by atoms with van der Waals surface area (Å²) in [6.07, 6.45) is 0.383. The van der Waals surface area contributed by atoms with Crippen molar-refractivity contribution < 1.29 is 4.74 Å². The molecule has 0 saturated heterocycles. The number of benzene rings is 1. The summed E-state index contributed by atoms with van der Waals surface area (Å²) in [5.74, 6) is 0. The molecule has 0 radical (unpaired) electrons. The SMILES string of the molecule is Cc1ccc(C(CNC(C)C)OC(C)C)cc1. The van der Waals surface area contributed by atoms with Crippen LogP contribution in [0.1, 0.15) is 44.9 Å². The Balaban J connectivity index is 2.70. The summed E-state index contributed by atoms with van der Waals surface area (Å²) in [6, 6.07) is 9.08. The van der Waals surface area contributed by atoms with E-state index in [9.17, 15) is 0 Å². The molecule has 0 aliphatic rings. The summed E-state index contributed by atoms with van der Waals surface area (Å²) in [7, 11) is 0. The van der Waals surface area contributed by atoms with Crippen molar-refractivity contribution in [1.29, 1.82) is 0 Å². The Labute approximate surface area is 105 Å². The molecule has 0 aromatic heterocycles. The smallest absolute Gasteiger partial charge is 0.0952 e. The normalized spacial score (nSPS) is 13.4. The first-order chi connectivity index (χ1) is 7.99. The van der Waals surface area contributed by atoms with Crippen LogP contribution in [0.25, 0.3) is 0 Å². The van der Waals surface area contributed by atoms with Crippen molar-refractivity contribution in [2.75, 3.05) is 6.54 Å². The third kappa shape index (κ3) is 5.33. The molecule has 1 atom stereocenters. The van der Waals surface area contributed by atoms with E-state index in [-0.39, 0.29) is 12.2 Å². The number of hydrogen-bond donors (Lipinski definition) is 1. The van der Waals surface area contributed by atoms with E-state index in [0.29, 0.717) is 6.04 Å². The molecule has 96 valence electrons. The van der Waals surface area contributed by atoms with Gasteiger partial charge in [-0.25, -0.2) is 0 Å². The van der Waals surface area contributed by atoms with Gasteiger partial charge in [-0.3, -0.25) is 0 Å². The first kappa shape index (κ1) is 14.2. The molecule has 0 bridgehead atoms. The van der Waals surface area contributed by atoms with Gasteiger partial charge in [0.25, 0.3) is 0 Å². The zero-order valence-electron chi connectivity index (χ0n) is 11.7. The molecule has 1 aromatic carbocycles. The van der Waals surface area contributed by atoms with E-state index in [1.54, 1.807) is 0 Å². The number of nitrogens with one attached hydrogen (secondary N) is 1. The molecule has 1 N–H and O–H groups in total. The van der Waals surface area contributed by atoms with Gasteiger partial charge in [-0.1, -0.05) is 43.7 Å². The minimum Gasteiger partial charge on any atom is -0.370 e. The Morgan fingerprint density at radius 2 is 1.65 bits per heavy atom. The van der Waals surface area contributed by atoms with Crippen LogP contribution in [-0.2, 0) is 4.74 Å². The molecule has 0 aliphatic heterocycles. The molecule has 0 fully saturated rings. The minimum absolute atomic E-state index is 0.137. The van der Waals surface area contributed by atoms with E-state index in [0.717, 1.165) is 6.54 Å². The molecule has 2 nitrogen and oxygen atoms in total. The Hall–Kier alpha value is -0.860. The third-order valence-electron chi connectivity index (χ3n) is 2.60. The zero-order valence-corrected chi connectivity index (χ0v) is 11.7. The topological polar surface area (TPSA) is 21.3 Å². The van der Waals surface area contributed by atoms with Gasteiger partial charge in [0.15, 0.2) is 0 Å². The van der Waals surface area contributed by atoms with Crippen LogP contribution in [0.5, 0.6) is 0 Å². The molecule has 0 amide bonds. The van der Waals surface area contributed by atoms with Gasteiger partial charge in [0.05, 0.1) is 12.2 Å². The maximum atomic E-state index is 5.96. The van der Waals surface area contributed by atoms with Crippen LogP contribution in [0.3, 0.4) is 0 Å². The van der Waals surface area contributed by atoms with Crippen molar-refractivity contribution in [3.8, 4) is 0 Å². The van der Waals surface area contributed by atoms with E-state index in [1.807, 2.05) is 0 Å². The molecule has 1 unspecified atom stereocenters. The van der Waals surface area contributed by atoms with Crippen LogP contribution in [0.15, 0.2) is 24.3 Å². The number of hydrogen-bond acceptors (Lipinski definition) is 2. The van der Waals surface area contributed by atoms with Gasteiger partial charge in [-0.05, 0) is 26.3 Å². The monoisotopic (exact) mass is 235 g/mol. The number of aryl methyl sites for hydroxylation is 1. The Morgan fingerprint density at radius 1 is 1.06 bits per heavy atom. The molecule has 1 rings (SSSR count). The highest BCUT2D eigenvalue weighted by atomic mass is 16.5. The second-order valence-corrected chi connectivity index (χ2v) is 5.15. The van der Waals surface area contributed by atoms with Crippen LogP contribution >= 0.6 is 0 Å². The second kappa shape index (κ2) is 6.77. The molecular formula is C15H25NO. The lowest BCUT2D eigenvalue weighted by Crippen LogP contribution is -2.30. The zero-order chi connectivity index (χ0) is 12.8. The average molecular weight is 235 g/mol. The fraction of sp³-hybridized carbons (Fsp3) is 0.600. The lowest BCUT2D eigenvalue weighted by Gasteiger charge is -2.22. The predicted octanol–water partition coefficient (Wildman–Crippen LogP) is 3.46. The van der Waals surface area contributed by atoms with Crippen LogP contribution < -0.4 is 5.32 Å². The van der Waals surface area contributed by atoms with Gasteiger partial charge in [0.2, 0.25) is 0 Å². The first-order valence-corrected chi connectivity index (χ1v) is 6.44. The molecule has 0 heterocycles. The molecule has 2 heteroatoms. The van der Waals surface area contributed by atoms with Crippen molar-refractivity contribution in [2.45, 2.75) is 52.9 Å². The Morgan fingerprint density at radius 3 is 2.12 bits per heavy atom. The molecule has 1 aromatic rings. The lowest BCUT2D eigenvalue weighted by molar-refractivity contribution is 0.00617. The van der Waals surface area contributed by atoms with Gasteiger partial charge in [-0.15, -0.1) is 0 Å². The number of ether oxygens (including phenoxy) is 1. The Bertz CT molecular complexity index is 316. The van der Waals surface area contributed by atoms with E-state index in [4.69, 9.17) is 4.74 Å². The van der Waals surface area contributed by atoms with E-state index < -0.39 is 0 Å². The predicted molar refractivity (Wildman–Crippen MR) is 73.3 cm³/mol. The highest BCUT2D eigenvalue weighted by molar-refractivity contribution is 5.23. The van der Waals surface area contributed by atoms with Crippen molar-refractivity contribution in [2.24, 2.45) is 0 Å². The van der Waals surface area contributed by atoms with E-state index in [1.165, 1.54) is 11.1 Å². The van der Waals surface area contributed by atoms with E-state index in [2.05, 4.69) is 64.2 Å². The second-order valence-electron chi connectivity index (χ2n) is 5.15. The summed E-state index contributed by atoms with van der Waals surface area (Å²) >= 11 is 0. The molecule has 0 spiro atoms. The molecule has 0 aliphatic carbocycles. The lowest BCUT2D eigenvalue weighted by atomic mass is 10.1. The summed E-state index contributed by atoms with van der Waals surface area (Å²) in [6.45, 7) is 11.4. The van der Waals surface area contributed by atoms with Crippen LogP contribution in [-0.4, -0.2) is 18.7 Å². The van der Waals surface area contributed by atoms with Gasteiger partial charge < -0.3 is 10.1 Å². The van der Waals surface area contributed by atoms with Gasteiger partial charge in [-0.2, -0.15) is 0 Å². The highest BCUT2D eigenvalue weighted by Gasteiger charge is 2.13. The molecule has 0 saturated carbocycles. The van der Waals surface area contributed by atoms with Gasteiger partial charge in [0, 0.05) is 12.6 Å². The van der Waals surface area contributed by atoms with E-state index >= 15 is 0 Å².